The molecule has 0 bridgehead atoms. The van der Waals surface area contributed by atoms with E-state index in [1.54, 1.807) is 6.20 Å². The smallest absolute Gasteiger partial charge is 0.0804 e. The number of aromatic nitrogens is 1. The molecule has 0 amide bonds. The first kappa shape index (κ1) is 15.0. The maximum Gasteiger partial charge on any atom is 0.0804 e. The molecule has 1 unspecified atom stereocenters. The second kappa shape index (κ2) is 6.87. The highest BCUT2D eigenvalue weighted by molar-refractivity contribution is 6.31. The second-order valence-corrected chi connectivity index (χ2v) is 5.59. The number of halogens is 1. The van der Waals surface area contributed by atoms with E-state index in [0.29, 0.717) is 10.9 Å². The molecule has 0 aliphatic carbocycles. The van der Waals surface area contributed by atoms with Crippen molar-refractivity contribution in [2.45, 2.75) is 32.7 Å². The Kier molecular flexibility index (Phi) is 5.16. The summed E-state index contributed by atoms with van der Waals surface area (Å²) in [5, 5.41) is 4.16. The Morgan fingerprint density at radius 1 is 1.10 bits per heavy atom. The first-order valence-electron chi connectivity index (χ1n) is 7.07. The van der Waals surface area contributed by atoms with Gasteiger partial charge in [0, 0.05) is 6.20 Å². The molecule has 2 nitrogen and oxygen atoms in total. The average molecular weight is 289 g/mol. The van der Waals surface area contributed by atoms with Gasteiger partial charge in [0.1, 0.15) is 0 Å². The third-order valence-electron chi connectivity index (χ3n) is 3.41. The largest absolute Gasteiger partial charge is 0.305 e. The van der Waals surface area contributed by atoms with Crippen LogP contribution in [0.4, 0.5) is 0 Å². The minimum Gasteiger partial charge on any atom is -0.305 e. The number of rotatable bonds is 5. The fraction of sp³-hybridized carbons (Fsp3) is 0.353. The number of nitrogens with one attached hydrogen (secondary N) is 1. The van der Waals surface area contributed by atoms with Crippen molar-refractivity contribution in [2.24, 2.45) is 0 Å². The van der Waals surface area contributed by atoms with Gasteiger partial charge < -0.3 is 5.32 Å². The number of hydrogen-bond donors (Lipinski definition) is 1. The van der Waals surface area contributed by atoms with Crippen molar-refractivity contribution < 1.29 is 0 Å². The van der Waals surface area contributed by atoms with Crippen LogP contribution in [0.5, 0.6) is 0 Å². The highest BCUT2D eigenvalue weighted by Crippen LogP contribution is 2.27. The van der Waals surface area contributed by atoms with Crippen LogP contribution < -0.4 is 5.32 Å². The fourth-order valence-electron chi connectivity index (χ4n) is 2.26. The predicted molar refractivity (Wildman–Crippen MR) is 85.3 cm³/mol. The first-order valence-corrected chi connectivity index (χ1v) is 7.45. The second-order valence-electron chi connectivity index (χ2n) is 5.18. The monoisotopic (exact) mass is 288 g/mol. The molecule has 1 N–H and O–H groups in total. The van der Waals surface area contributed by atoms with Crippen molar-refractivity contribution in [3.63, 3.8) is 0 Å². The summed E-state index contributed by atoms with van der Waals surface area (Å²) in [6, 6.07) is 12.5. The Morgan fingerprint density at radius 3 is 2.30 bits per heavy atom. The average Bonchev–Trinajstić information content (AvgIpc) is 2.46. The Hall–Kier alpha value is -1.38. The van der Waals surface area contributed by atoms with E-state index < -0.39 is 0 Å². The lowest BCUT2D eigenvalue weighted by atomic mass is 9.97. The van der Waals surface area contributed by atoms with Gasteiger partial charge in [0.05, 0.1) is 16.8 Å². The van der Waals surface area contributed by atoms with Gasteiger partial charge in [-0.1, -0.05) is 56.6 Å². The lowest BCUT2D eigenvalue weighted by Crippen LogP contribution is -2.23. The highest BCUT2D eigenvalue weighted by atomic mass is 35.5. The molecule has 1 aromatic heterocycles. The van der Waals surface area contributed by atoms with Crippen molar-refractivity contribution in [2.75, 3.05) is 6.54 Å². The van der Waals surface area contributed by atoms with Gasteiger partial charge in [-0.25, -0.2) is 0 Å². The van der Waals surface area contributed by atoms with E-state index in [4.69, 9.17) is 11.6 Å². The summed E-state index contributed by atoms with van der Waals surface area (Å²) in [6.07, 6.45) is 1.79. The zero-order valence-corrected chi connectivity index (χ0v) is 13.0. The summed E-state index contributed by atoms with van der Waals surface area (Å²) in [5.41, 5.74) is 3.42. The van der Waals surface area contributed by atoms with Gasteiger partial charge in [0.15, 0.2) is 0 Å². The van der Waals surface area contributed by atoms with Gasteiger partial charge in [-0.2, -0.15) is 0 Å². The van der Waals surface area contributed by atoms with Crippen LogP contribution in [-0.2, 0) is 0 Å². The van der Waals surface area contributed by atoms with Crippen molar-refractivity contribution in [3.05, 3.63) is 64.4 Å². The summed E-state index contributed by atoms with van der Waals surface area (Å²) < 4.78 is 0. The van der Waals surface area contributed by atoms with Crippen molar-refractivity contribution in [3.8, 4) is 0 Å². The molecule has 20 heavy (non-hydrogen) atoms. The van der Waals surface area contributed by atoms with Crippen LogP contribution in [0.1, 0.15) is 49.6 Å². The van der Waals surface area contributed by atoms with Crippen LogP contribution in [0.2, 0.25) is 5.02 Å². The molecular formula is C17H21ClN2. The van der Waals surface area contributed by atoms with Crippen molar-refractivity contribution >= 4 is 11.6 Å². The van der Waals surface area contributed by atoms with Gasteiger partial charge in [-0.3, -0.25) is 4.98 Å². The van der Waals surface area contributed by atoms with Crippen LogP contribution in [0.3, 0.4) is 0 Å². The zero-order valence-electron chi connectivity index (χ0n) is 12.2. The van der Waals surface area contributed by atoms with E-state index in [1.807, 2.05) is 12.1 Å². The van der Waals surface area contributed by atoms with Crippen LogP contribution in [-0.4, -0.2) is 11.5 Å². The Balaban J connectivity index is 2.36. The van der Waals surface area contributed by atoms with Crippen LogP contribution >= 0.6 is 11.6 Å². The molecule has 2 aromatic rings. The van der Waals surface area contributed by atoms with Gasteiger partial charge in [-0.05, 0) is 35.7 Å². The molecule has 1 aromatic carbocycles. The first-order chi connectivity index (χ1) is 9.63. The fourth-order valence-corrected chi connectivity index (χ4v) is 2.49. The summed E-state index contributed by atoms with van der Waals surface area (Å²) in [4.78, 5) is 4.44. The molecule has 0 fully saturated rings. The maximum absolute atomic E-state index is 6.28. The van der Waals surface area contributed by atoms with Crippen molar-refractivity contribution in [1.82, 2.24) is 10.3 Å². The molecule has 0 saturated carbocycles. The summed E-state index contributed by atoms with van der Waals surface area (Å²) in [5.74, 6) is 0.542. The molecule has 1 heterocycles. The van der Waals surface area contributed by atoms with E-state index in [-0.39, 0.29) is 6.04 Å². The molecule has 0 radical (unpaired) electrons. The van der Waals surface area contributed by atoms with E-state index in [0.717, 1.165) is 12.2 Å². The normalized spacial score (nSPS) is 12.7. The van der Waals surface area contributed by atoms with Gasteiger partial charge in [0.25, 0.3) is 0 Å². The minimum absolute atomic E-state index is 0.0370. The molecule has 0 saturated heterocycles. The van der Waals surface area contributed by atoms with Crippen LogP contribution in [0.25, 0.3) is 0 Å². The molecular weight excluding hydrogens is 268 g/mol. The summed E-state index contributed by atoms with van der Waals surface area (Å²) in [7, 11) is 0. The lowest BCUT2D eigenvalue weighted by molar-refractivity contribution is 0.615. The molecule has 0 aliphatic heterocycles. The van der Waals surface area contributed by atoms with E-state index in [1.165, 1.54) is 11.1 Å². The Morgan fingerprint density at radius 2 is 1.75 bits per heavy atom. The number of pyridine rings is 1. The van der Waals surface area contributed by atoms with E-state index >= 15 is 0 Å². The molecule has 1 atom stereocenters. The van der Waals surface area contributed by atoms with Gasteiger partial charge in [0.2, 0.25) is 0 Å². The van der Waals surface area contributed by atoms with Crippen molar-refractivity contribution in [1.29, 1.82) is 0 Å². The topological polar surface area (TPSA) is 24.9 Å². The molecule has 106 valence electrons. The minimum atomic E-state index is 0.0370. The van der Waals surface area contributed by atoms with Crippen LogP contribution in [0.15, 0.2) is 42.6 Å². The number of benzene rings is 1. The molecule has 0 spiro atoms. The maximum atomic E-state index is 6.28. The van der Waals surface area contributed by atoms with Crippen LogP contribution in [0, 0.1) is 0 Å². The lowest BCUT2D eigenvalue weighted by Gasteiger charge is -2.19. The quantitative estimate of drug-likeness (QED) is 0.872. The highest BCUT2D eigenvalue weighted by Gasteiger charge is 2.17. The van der Waals surface area contributed by atoms with Gasteiger partial charge in [-0.15, -0.1) is 0 Å². The third-order valence-corrected chi connectivity index (χ3v) is 3.72. The molecule has 0 aliphatic rings. The number of nitrogens with zero attached hydrogens (tertiary/aromatic N) is 1. The third kappa shape index (κ3) is 3.38. The SMILES string of the molecule is CCNC(c1ccc(C(C)C)cc1)c1ncccc1Cl. The summed E-state index contributed by atoms with van der Waals surface area (Å²) in [6.45, 7) is 7.36. The molecule has 3 heteroatoms. The standard InChI is InChI=1S/C17H21ClN2/c1-4-19-16(17-15(18)6-5-11-20-17)14-9-7-13(8-10-14)12(2)3/h5-12,16,19H,4H2,1-3H3. The Bertz CT molecular complexity index is 549. The van der Waals surface area contributed by atoms with E-state index in [9.17, 15) is 0 Å². The van der Waals surface area contributed by atoms with E-state index in [2.05, 4.69) is 55.3 Å². The number of hydrogen-bond acceptors (Lipinski definition) is 2. The summed E-state index contributed by atoms with van der Waals surface area (Å²) >= 11 is 6.28. The molecule has 2 rings (SSSR count). The van der Waals surface area contributed by atoms with Gasteiger partial charge >= 0.3 is 0 Å². The zero-order chi connectivity index (χ0) is 14.5. The predicted octanol–water partition coefficient (Wildman–Crippen LogP) is 4.56. The Labute approximate surface area is 126 Å².